The van der Waals surface area contributed by atoms with Crippen molar-refractivity contribution in [1.82, 2.24) is 9.61 Å². The van der Waals surface area contributed by atoms with Crippen LogP contribution in [0.3, 0.4) is 0 Å². The highest BCUT2D eigenvalue weighted by Crippen LogP contribution is 2.12. The van der Waals surface area contributed by atoms with E-state index in [1.807, 2.05) is 45.2 Å². The van der Waals surface area contributed by atoms with Gasteiger partial charge in [-0.25, -0.2) is 9.31 Å². The maximum atomic E-state index is 11.5. The summed E-state index contributed by atoms with van der Waals surface area (Å²) in [6.45, 7) is 5.45. The smallest absolute Gasteiger partial charge is 0.413 e. The molecule has 0 fully saturated rings. The predicted octanol–water partition coefficient (Wildman–Crippen LogP) is 2.68. The quantitative estimate of drug-likeness (QED) is 0.823. The molecule has 2 rings (SSSR count). The van der Waals surface area contributed by atoms with Crippen LogP contribution in [0.15, 0.2) is 30.5 Å². The van der Waals surface area contributed by atoms with Crippen molar-refractivity contribution in [3.8, 4) is 0 Å². The van der Waals surface area contributed by atoms with Gasteiger partial charge in [0.2, 0.25) is 0 Å². The Hall–Kier alpha value is -2.04. The zero-order chi connectivity index (χ0) is 12.5. The summed E-state index contributed by atoms with van der Waals surface area (Å²) >= 11 is 0. The average molecular weight is 233 g/mol. The van der Waals surface area contributed by atoms with Gasteiger partial charge in [0.1, 0.15) is 5.60 Å². The molecule has 0 saturated carbocycles. The number of hydrogen-bond acceptors (Lipinski definition) is 3. The summed E-state index contributed by atoms with van der Waals surface area (Å²) in [6, 6.07) is 7.47. The van der Waals surface area contributed by atoms with Gasteiger partial charge in [-0.2, -0.15) is 0 Å². The first-order chi connectivity index (χ1) is 7.94. The lowest BCUT2D eigenvalue weighted by Gasteiger charge is -2.18. The topological polar surface area (TPSA) is 55.6 Å². The number of nitrogens with one attached hydrogen (secondary N) is 1. The minimum Gasteiger partial charge on any atom is -0.444 e. The molecule has 0 aliphatic carbocycles. The van der Waals surface area contributed by atoms with Crippen LogP contribution in [0.25, 0.3) is 5.52 Å². The molecular weight excluding hydrogens is 218 g/mol. The van der Waals surface area contributed by atoms with E-state index in [1.54, 1.807) is 10.6 Å². The fraction of sp³-hybridized carbons (Fsp3) is 0.333. The molecule has 0 spiro atoms. The number of anilines is 1. The third-order valence-corrected chi connectivity index (χ3v) is 2.00. The maximum Gasteiger partial charge on any atom is 0.413 e. The Morgan fingerprint density at radius 3 is 2.82 bits per heavy atom. The van der Waals surface area contributed by atoms with Crippen molar-refractivity contribution in [2.24, 2.45) is 0 Å². The highest BCUT2D eigenvalue weighted by Gasteiger charge is 2.16. The van der Waals surface area contributed by atoms with Crippen molar-refractivity contribution in [3.05, 3.63) is 30.5 Å². The SMILES string of the molecule is CC(C)(C)OC(=O)Nc1cc2ccccn2n1. The van der Waals surface area contributed by atoms with Gasteiger partial charge in [0.15, 0.2) is 5.82 Å². The van der Waals surface area contributed by atoms with Crippen molar-refractivity contribution in [2.75, 3.05) is 5.32 Å². The van der Waals surface area contributed by atoms with Crippen LogP contribution in [0, 0.1) is 0 Å². The van der Waals surface area contributed by atoms with Gasteiger partial charge < -0.3 is 4.74 Å². The Kier molecular flexibility index (Phi) is 2.75. The molecule has 2 aromatic rings. The Balaban J connectivity index is 2.11. The largest absolute Gasteiger partial charge is 0.444 e. The lowest BCUT2D eigenvalue weighted by molar-refractivity contribution is 0.0635. The summed E-state index contributed by atoms with van der Waals surface area (Å²) in [4.78, 5) is 11.5. The lowest BCUT2D eigenvalue weighted by Crippen LogP contribution is -2.27. The fourth-order valence-electron chi connectivity index (χ4n) is 1.41. The lowest BCUT2D eigenvalue weighted by atomic mass is 10.2. The summed E-state index contributed by atoms with van der Waals surface area (Å²) in [6.07, 6.45) is 1.32. The van der Waals surface area contributed by atoms with E-state index in [4.69, 9.17) is 4.74 Å². The van der Waals surface area contributed by atoms with E-state index < -0.39 is 11.7 Å². The molecule has 0 bridgehead atoms. The number of carbonyl (C=O) groups is 1. The first-order valence-corrected chi connectivity index (χ1v) is 5.38. The van der Waals surface area contributed by atoms with E-state index in [2.05, 4.69) is 10.4 Å². The van der Waals surface area contributed by atoms with Crippen LogP contribution in [0.4, 0.5) is 10.6 Å². The number of rotatable bonds is 1. The molecule has 5 nitrogen and oxygen atoms in total. The second kappa shape index (κ2) is 4.08. The van der Waals surface area contributed by atoms with Crippen molar-refractivity contribution in [3.63, 3.8) is 0 Å². The second-order valence-electron chi connectivity index (χ2n) is 4.73. The van der Waals surface area contributed by atoms with Gasteiger partial charge >= 0.3 is 6.09 Å². The van der Waals surface area contributed by atoms with E-state index in [0.717, 1.165) is 5.52 Å². The molecule has 2 heterocycles. The average Bonchev–Trinajstić information content (AvgIpc) is 2.55. The first-order valence-electron chi connectivity index (χ1n) is 5.38. The number of ether oxygens (including phenoxy) is 1. The molecule has 0 unspecified atom stereocenters. The molecular formula is C12H15N3O2. The number of aromatic nitrogens is 2. The van der Waals surface area contributed by atoms with Gasteiger partial charge in [-0.3, -0.25) is 5.32 Å². The van der Waals surface area contributed by atoms with Crippen LogP contribution in [-0.4, -0.2) is 21.3 Å². The van der Waals surface area contributed by atoms with E-state index in [9.17, 15) is 4.79 Å². The molecule has 1 amide bonds. The summed E-state index contributed by atoms with van der Waals surface area (Å²) in [5, 5.41) is 6.78. The molecule has 0 saturated heterocycles. The van der Waals surface area contributed by atoms with Crippen molar-refractivity contribution < 1.29 is 9.53 Å². The summed E-state index contributed by atoms with van der Waals surface area (Å²) in [5.74, 6) is 0.477. The molecule has 90 valence electrons. The molecule has 0 aliphatic heterocycles. The zero-order valence-corrected chi connectivity index (χ0v) is 10.1. The second-order valence-corrected chi connectivity index (χ2v) is 4.73. The standard InChI is InChI=1S/C12H15N3O2/c1-12(2,3)17-11(16)13-10-8-9-6-4-5-7-15(9)14-10/h4-8H,1-3H3,(H,13,14,16). The van der Waals surface area contributed by atoms with Crippen LogP contribution >= 0.6 is 0 Å². The van der Waals surface area contributed by atoms with E-state index in [1.165, 1.54) is 0 Å². The van der Waals surface area contributed by atoms with E-state index in [0.29, 0.717) is 5.82 Å². The molecule has 0 aromatic carbocycles. The molecule has 2 aromatic heterocycles. The predicted molar refractivity (Wildman–Crippen MR) is 65.0 cm³/mol. The van der Waals surface area contributed by atoms with Crippen LogP contribution < -0.4 is 5.32 Å². The number of amides is 1. The Bertz CT molecular complexity index is 507. The van der Waals surface area contributed by atoms with Crippen molar-refractivity contribution in [1.29, 1.82) is 0 Å². The van der Waals surface area contributed by atoms with Gasteiger partial charge in [-0.1, -0.05) is 6.07 Å². The maximum absolute atomic E-state index is 11.5. The van der Waals surface area contributed by atoms with Crippen LogP contribution in [0.2, 0.25) is 0 Å². The minimum absolute atomic E-state index is 0.477. The molecule has 5 heteroatoms. The summed E-state index contributed by atoms with van der Waals surface area (Å²) in [7, 11) is 0. The highest BCUT2D eigenvalue weighted by atomic mass is 16.6. The summed E-state index contributed by atoms with van der Waals surface area (Å²) < 4.78 is 6.83. The number of pyridine rings is 1. The van der Waals surface area contributed by atoms with Gasteiger partial charge in [-0.15, -0.1) is 5.10 Å². The molecule has 0 aliphatic rings. The van der Waals surface area contributed by atoms with Gasteiger partial charge in [-0.05, 0) is 32.9 Å². The third kappa shape index (κ3) is 2.96. The molecule has 1 N–H and O–H groups in total. The fourth-order valence-corrected chi connectivity index (χ4v) is 1.41. The number of fused-ring (bicyclic) bond motifs is 1. The van der Waals surface area contributed by atoms with Crippen LogP contribution in [-0.2, 0) is 4.74 Å². The normalized spacial score (nSPS) is 11.5. The van der Waals surface area contributed by atoms with Crippen molar-refractivity contribution in [2.45, 2.75) is 26.4 Å². The molecule has 0 radical (unpaired) electrons. The van der Waals surface area contributed by atoms with E-state index in [-0.39, 0.29) is 0 Å². The van der Waals surface area contributed by atoms with Gasteiger partial charge in [0.05, 0.1) is 5.52 Å². The molecule has 0 atom stereocenters. The monoisotopic (exact) mass is 233 g/mol. The third-order valence-electron chi connectivity index (χ3n) is 2.00. The summed E-state index contributed by atoms with van der Waals surface area (Å²) in [5.41, 5.74) is 0.405. The van der Waals surface area contributed by atoms with Gasteiger partial charge in [0, 0.05) is 12.3 Å². The number of nitrogens with zero attached hydrogens (tertiary/aromatic N) is 2. The number of carbonyl (C=O) groups excluding carboxylic acids is 1. The van der Waals surface area contributed by atoms with Crippen LogP contribution in [0.5, 0.6) is 0 Å². The molecule has 17 heavy (non-hydrogen) atoms. The zero-order valence-electron chi connectivity index (χ0n) is 10.1. The Morgan fingerprint density at radius 1 is 1.41 bits per heavy atom. The Labute approximate surface area is 99.4 Å². The first kappa shape index (κ1) is 11.4. The van der Waals surface area contributed by atoms with E-state index >= 15 is 0 Å². The minimum atomic E-state index is -0.511. The van der Waals surface area contributed by atoms with Crippen LogP contribution in [0.1, 0.15) is 20.8 Å². The van der Waals surface area contributed by atoms with Gasteiger partial charge in [0.25, 0.3) is 0 Å². The Morgan fingerprint density at radius 2 is 2.18 bits per heavy atom. The number of hydrogen-bond donors (Lipinski definition) is 1. The van der Waals surface area contributed by atoms with Crippen molar-refractivity contribution >= 4 is 17.4 Å². The highest BCUT2D eigenvalue weighted by molar-refractivity contribution is 5.84.